The van der Waals surface area contributed by atoms with Crippen LogP contribution in [0.25, 0.3) is 10.5 Å². The van der Waals surface area contributed by atoms with E-state index in [2.05, 4.69) is 26.0 Å². The number of fused-ring (bicyclic) bond motifs is 2. The Morgan fingerprint density at radius 1 is 1.03 bits per heavy atom. The molecule has 0 radical (unpaired) electrons. The van der Waals surface area contributed by atoms with Gasteiger partial charge in [0.2, 0.25) is 4.96 Å². The number of aromatic nitrogens is 3. The van der Waals surface area contributed by atoms with Gasteiger partial charge in [0.1, 0.15) is 10.2 Å². The molecule has 4 aromatic rings. The molecule has 1 amide bonds. The number of nitrogens with zero attached hydrogens (tertiary/aromatic N) is 4. The number of carbonyl (C=O) groups is 1. The van der Waals surface area contributed by atoms with E-state index in [1.54, 1.807) is 4.90 Å². The second kappa shape index (κ2) is 7.21. The van der Waals surface area contributed by atoms with Gasteiger partial charge in [-0.15, -0.1) is 0 Å². The van der Waals surface area contributed by atoms with Crippen LogP contribution < -0.4 is 20.6 Å². The first-order chi connectivity index (χ1) is 14.8. The molecule has 1 aliphatic heterocycles. The fourth-order valence-electron chi connectivity index (χ4n) is 3.59. The Kier molecular flexibility index (Phi) is 4.60. The van der Waals surface area contributed by atoms with Crippen molar-refractivity contribution in [3.05, 3.63) is 94.6 Å². The normalized spacial score (nSPS) is 15.1. The van der Waals surface area contributed by atoms with Crippen molar-refractivity contribution >= 4 is 49.4 Å². The predicted molar refractivity (Wildman–Crippen MR) is 122 cm³/mol. The number of carbonyl (C=O) groups excluding carboxylic acids is 1. The van der Waals surface area contributed by atoms with Gasteiger partial charge in [-0.1, -0.05) is 57.1 Å². The fourth-order valence-corrected chi connectivity index (χ4v) is 4.95. The number of benzene rings is 2. The van der Waals surface area contributed by atoms with Gasteiger partial charge in [-0.3, -0.25) is 14.4 Å². The highest BCUT2D eigenvalue weighted by atomic mass is 79.9. The van der Waals surface area contributed by atoms with Crippen LogP contribution >= 0.6 is 27.3 Å². The molecule has 2 aromatic carbocycles. The number of aryl methyl sites for hydroxylation is 2. The zero-order valence-corrected chi connectivity index (χ0v) is 19.0. The van der Waals surface area contributed by atoms with E-state index in [-0.39, 0.29) is 21.1 Å². The molecule has 31 heavy (non-hydrogen) atoms. The second-order valence-electron chi connectivity index (χ2n) is 7.35. The molecule has 3 heterocycles. The highest BCUT2D eigenvalue weighted by Crippen LogP contribution is 2.38. The average Bonchev–Trinajstić information content (AvgIpc) is 3.17. The molecular weight excluding hydrogens is 480 g/mol. The minimum Gasteiger partial charge on any atom is -0.303 e. The van der Waals surface area contributed by atoms with Crippen LogP contribution in [0.4, 0.5) is 5.69 Å². The zero-order valence-electron chi connectivity index (χ0n) is 16.5. The van der Waals surface area contributed by atoms with E-state index < -0.39 is 11.1 Å². The van der Waals surface area contributed by atoms with E-state index >= 15 is 0 Å². The topological polar surface area (TPSA) is 84.6 Å². The smallest absolute Gasteiger partial charge is 0.295 e. The van der Waals surface area contributed by atoms with Crippen molar-refractivity contribution in [1.29, 1.82) is 0 Å². The number of rotatable bonds is 2. The van der Waals surface area contributed by atoms with E-state index in [0.29, 0.717) is 17.7 Å². The lowest BCUT2D eigenvalue weighted by Crippen LogP contribution is -2.33. The summed E-state index contributed by atoms with van der Waals surface area (Å²) in [6.07, 6.45) is 0. The standard InChI is InChI=1S/C22H15BrN4O3S/c1-11-3-5-13(6-4-11)10-26-16-8-7-14(23)9-15(16)17(20(26)29)18-21(30)27-22(31-18)24-19(28)12(2)25-27/h3-9H,10H2,1-2H3/b18-17-. The Morgan fingerprint density at radius 2 is 1.77 bits per heavy atom. The lowest BCUT2D eigenvalue weighted by molar-refractivity contribution is -0.113. The molecule has 0 aliphatic carbocycles. The molecule has 1 aliphatic rings. The Morgan fingerprint density at radius 3 is 2.52 bits per heavy atom. The van der Waals surface area contributed by atoms with Crippen LogP contribution in [-0.2, 0) is 11.3 Å². The zero-order chi connectivity index (χ0) is 21.9. The summed E-state index contributed by atoms with van der Waals surface area (Å²) in [7, 11) is 0. The summed E-state index contributed by atoms with van der Waals surface area (Å²) in [5.41, 5.74) is 3.00. The molecule has 2 aromatic heterocycles. The van der Waals surface area contributed by atoms with Gasteiger partial charge in [0, 0.05) is 10.0 Å². The van der Waals surface area contributed by atoms with E-state index in [9.17, 15) is 14.4 Å². The first kappa shape index (κ1) is 19.8. The van der Waals surface area contributed by atoms with Crippen LogP contribution in [0.2, 0.25) is 0 Å². The van der Waals surface area contributed by atoms with E-state index in [4.69, 9.17) is 0 Å². The molecule has 0 bridgehead atoms. The minimum absolute atomic E-state index is 0.130. The van der Waals surface area contributed by atoms with Gasteiger partial charge >= 0.3 is 0 Å². The summed E-state index contributed by atoms with van der Waals surface area (Å²) in [5.74, 6) is -0.267. The largest absolute Gasteiger partial charge is 0.303 e. The third kappa shape index (κ3) is 3.21. The molecule has 0 atom stereocenters. The minimum atomic E-state index is -0.486. The van der Waals surface area contributed by atoms with Gasteiger partial charge in [-0.2, -0.15) is 14.6 Å². The van der Waals surface area contributed by atoms with Gasteiger partial charge in [0.15, 0.2) is 0 Å². The van der Waals surface area contributed by atoms with E-state index in [0.717, 1.165) is 37.1 Å². The third-order valence-electron chi connectivity index (χ3n) is 5.18. The number of hydrogen-bond donors (Lipinski definition) is 0. The van der Waals surface area contributed by atoms with Crippen LogP contribution in [0.3, 0.4) is 0 Å². The van der Waals surface area contributed by atoms with Gasteiger partial charge in [0.25, 0.3) is 17.0 Å². The molecule has 0 N–H and O–H groups in total. The first-order valence-corrected chi connectivity index (χ1v) is 11.1. The maximum absolute atomic E-state index is 13.5. The van der Waals surface area contributed by atoms with Crippen molar-refractivity contribution in [1.82, 2.24) is 14.6 Å². The molecule has 0 fully saturated rings. The van der Waals surface area contributed by atoms with Gasteiger partial charge in [-0.25, -0.2) is 0 Å². The lowest BCUT2D eigenvalue weighted by Gasteiger charge is -2.17. The summed E-state index contributed by atoms with van der Waals surface area (Å²) < 4.78 is 2.11. The predicted octanol–water partition coefficient (Wildman–Crippen LogP) is 2.36. The molecular formula is C22H15BrN4O3S. The Labute approximate surface area is 188 Å². The summed E-state index contributed by atoms with van der Waals surface area (Å²) in [4.78, 5) is 44.3. The van der Waals surface area contributed by atoms with Gasteiger partial charge in [-0.05, 0) is 37.6 Å². The van der Waals surface area contributed by atoms with Crippen LogP contribution in [0.15, 0.2) is 56.5 Å². The lowest BCUT2D eigenvalue weighted by atomic mass is 10.1. The van der Waals surface area contributed by atoms with Crippen molar-refractivity contribution in [2.24, 2.45) is 0 Å². The molecule has 0 unspecified atom stereocenters. The van der Waals surface area contributed by atoms with Crippen LogP contribution in [0.5, 0.6) is 0 Å². The number of anilines is 1. The molecule has 0 saturated heterocycles. The number of thiazole rings is 1. The Balaban J connectivity index is 1.76. The second-order valence-corrected chi connectivity index (χ2v) is 9.24. The summed E-state index contributed by atoms with van der Waals surface area (Å²) in [6.45, 7) is 3.89. The highest BCUT2D eigenvalue weighted by molar-refractivity contribution is 9.10. The van der Waals surface area contributed by atoms with Crippen LogP contribution in [0, 0.1) is 13.8 Å². The fraction of sp³-hybridized carbons (Fsp3) is 0.136. The average molecular weight is 495 g/mol. The Bertz CT molecular complexity index is 1560. The van der Waals surface area contributed by atoms with Crippen LogP contribution in [-0.4, -0.2) is 20.5 Å². The maximum Gasteiger partial charge on any atom is 0.295 e. The molecule has 7 nitrogen and oxygen atoms in total. The number of halogens is 1. The highest BCUT2D eigenvalue weighted by Gasteiger charge is 2.34. The summed E-state index contributed by atoms with van der Waals surface area (Å²) in [5, 5.41) is 4.05. The molecule has 5 rings (SSSR count). The first-order valence-electron chi connectivity index (χ1n) is 9.45. The molecule has 0 saturated carbocycles. The van der Waals surface area contributed by atoms with E-state index in [1.807, 2.05) is 49.4 Å². The van der Waals surface area contributed by atoms with Crippen molar-refractivity contribution in [3.8, 4) is 0 Å². The van der Waals surface area contributed by atoms with Crippen molar-refractivity contribution in [2.45, 2.75) is 20.4 Å². The van der Waals surface area contributed by atoms with Crippen LogP contribution in [0.1, 0.15) is 22.4 Å². The molecule has 0 spiro atoms. The van der Waals surface area contributed by atoms with Gasteiger partial charge < -0.3 is 4.90 Å². The quantitative estimate of drug-likeness (QED) is 0.427. The number of hydrogen-bond acceptors (Lipinski definition) is 6. The van der Waals surface area contributed by atoms with Gasteiger partial charge in [0.05, 0.1) is 17.8 Å². The van der Waals surface area contributed by atoms with Crippen molar-refractivity contribution < 1.29 is 4.79 Å². The summed E-state index contributed by atoms with van der Waals surface area (Å²) >= 11 is 4.47. The molecule has 154 valence electrons. The Hall–Kier alpha value is -3.17. The van der Waals surface area contributed by atoms with E-state index in [1.165, 1.54) is 6.92 Å². The van der Waals surface area contributed by atoms with Crippen molar-refractivity contribution in [2.75, 3.05) is 4.90 Å². The van der Waals surface area contributed by atoms with Crippen molar-refractivity contribution in [3.63, 3.8) is 0 Å². The monoisotopic (exact) mass is 494 g/mol. The SMILES string of the molecule is Cc1ccc(CN2C(=O)/C(=c3\sc4nc(=O)c(C)nn4c3=O)c3cc(Br)ccc32)cc1. The molecule has 9 heteroatoms. The third-order valence-corrected chi connectivity index (χ3v) is 6.71. The number of amides is 1. The maximum atomic E-state index is 13.5. The summed E-state index contributed by atoms with van der Waals surface area (Å²) in [6, 6.07) is 13.5.